The van der Waals surface area contributed by atoms with Gasteiger partial charge >= 0.3 is 0 Å². The molecule has 0 fully saturated rings. The summed E-state index contributed by atoms with van der Waals surface area (Å²) in [5.41, 5.74) is 0.466. The van der Waals surface area contributed by atoms with Gasteiger partial charge in [0.15, 0.2) is 0 Å². The van der Waals surface area contributed by atoms with Crippen LogP contribution in [0.1, 0.15) is 5.69 Å². The van der Waals surface area contributed by atoms with Crippen molar-refractivity contribution in [1.29, 1.82) is 0 Å². The minimum absolute atomic E-state index is 0.150. The van der Waals surface area contributed by atoms with Crippen LogP contribution in [0.15, 0.2) is 35.1 Å². The highest BCUT2D eigenvalue weighted by Crippen LogP contribution is 2.16. The summed E-state index contributed by atoms with van der Waals surface area (Å²) in [6.07, 6.45) is 0. The van der Waals surface area contributed by atoms with Crippen molar-refractivity contribution in [2.45, 2.75) is 5.75 Å². The highest BCUT2D eigenvalue weighted by atomic mass is 35.5. The first-order chi connectivity index (χ1) is 8.11. The average molecular weight is 269 g/mol. The molecule has 0 saturated heterocycles. The Kier molecular flexibility index (Phi) is 3.40. The number of hydrogen-bond donors (Lipinski definition) is 2. The molecule has 2 aromatic rings. The molecule has 88 valence electrons. The molecule has 0 aliphatic heterocycles. The molecule has 4 nitrogen and oxygen atoms in total. The number of thiol groups is 1. The summed E-state index contributed by atoms with van der Waals surface area (Å²) in [4.78, 5) is 11.7. The minimum atomic E-state index is -0.421. The van der Waals surface area contributed by atoms with Gasteiger partial charge in [0, 0.05) is 16.8 Å². The fourth-order valence-corrected chi connectivity index (χ4v) is 1.80. The Bertz CT molecular complexity index is 613. The van der Waals surface area contributed by atoms with E-state index in [-0.39, 0.29) is 11.5 Å². The first-order valence-corrected chi connectivity index (χ1v) is 5.82. The van der Waals surface area contributed by atoms with Crippen molar-refractivity contribution < 1.29 is 5.11 Å². The van der Waals surface area contributed by atoms with E-state index in [4.69, 9.17) is 11.6 Å². The normalized spacial score (nSPS) is 10.5. The van der Waals surface area contributed by atoms with Crippen LogP contribution in [0.25, 0.3) is 5.69 Å². The maximum atomic E-state index is 11.7. The maximum Gasteiger partial charge on any atom is 0.275 e. The SMILES string of the molecule is O=c1cc(O)c(CS)nn1-c1cccc(Cl)c1. The van der Waals surface area contributed by atoms with E-state index in [9.17, 15) is 9.90 Å². The summed E-state index contributed by atoms with van der Waals surface area (Å²) in [5, 5.41) is 14.0. The standard InChI is InChI=1S/C11H9ClN2O2S/c12-7-2-1-3-8(4-7)14-11(16)5-10(15)9(6-17)13-14/h1-5,15,17H,6H2. The highest BCUT2D eigenvalue weighted by Gasteiger charge is 2.08. The molecule has 0 saturated carbocycles. The number of hydrogen-bond acceptors (Lipinski definition) is 4. The quantitative estimate of drug-likeness (QED) is 0.820. The topological polar surface area (TPSA) is 55.1 Å². The van der Waals surface area contributed by atoms with Crippen LogP contribution >= 0.6 is 24.2 Å². The van der Waals surface area contributed by atoms with Crippen molar-refractivity contribution in [3.63, 3.8) is 0 Å². The zero-order chi connectivity index (χ0) is 12.4. The largest absolute Gasteiger partial charge is 0.506 e. The molecule has 0 spiro atoms. The molecule has 1 N–H and O–H groups in total. The van der Waals surface area contributed by atoms with E-state index < -0.39 is 5.56 Å². The summed E-state index contributed by atoms with van der Waals surface area (Å²) < 4.78 is 1.18. The predicted molar refractivity (Wildman–Crippen MR) is 69.2 cm³/mol. The predicted octanol–water partition coefficient (Wildman–Crippen LogP) is 2.02. The van der Waals surface area contributed by atoms with Crippen molar-refractivity contribution in [1.82, 2.24) is 9.78 Å². The van der Waals surface area contributed by atoms with E-state index in [1.807, 2.05) is 0 Å². The second-order valence-electron chi connectivity index (χ2n) is 3.36. The third kappa shape index (κ3) is 2.45. The summed E-state index contributed by atoms with van der Waals surface area (Å²) in [6, 6.07) is 7.86. The molecule has 0 atom stereocenters. The van der Waals surface area contributed by atoms with Gasteiger partial charge in [-0.05, 0) is 18.2 Å². The van der Waals surface area contributed by atoms with Crippen molar-refractivity contribution in [2.24, 2.45) is 0 Å². The van der Waals surface area contributed by atoms with Crippen molar-refractivity contribution in [3.8, 4) is 11.4 Å². The highest BCUT2D eigenvalue weighted by molar-refractivity contribution is 7.79. The van der Waals surface area contributed by atoms with Gasteiger partial charge in [-0.3, -0.25) is 4.79 Å². The molecule has 0 amide bonds. The van der Waals surface area contributed by atoms with Crippen LogP contribution in [-0.2, 0) is 5.75 Å². The van der Waals surface area contributed by atoms with Crippen LogP contribution in [0.5, 0.6) is 5.75 Å². The van der Waals surface area contributed by atoms with Gasteiger partial charge < -0.3 is 5.11 Å². The van der Waals surface area contributed by atoms with Crippen LogP contribution in [0.3, 0.4) is 0 Å². The van der Waals surface area contributed by atoms with Crippen molar-refractivity contribution >= 4 is 24.2 Å². The number of benzene rings is 1. The molecule has 0 aliphatic carbocycles. The molecule has 1 aromatic heterocycles. The van der Waals surface area contributed by atoms with Crippen molar-refractivity contribution in [3.05, 3.63) is 51.4 Å². The summed E-state index contributed by atoms with van der Waals surface area (Å²) >= 11 is 9.87. The third-order valence-electron chi connectivity index (χ3n) is 2.19. The van der Waals surface area contributed by atoms with E-state index >= 15 is 0 Å². The smallest absolute Gasteiger partial charge is 0.275 e. The van der Waals surface area contributed by atoms with Gasteiger partial charge in [-0.2, -0.15) is 22.4 Å². The maximum absolute atomic E-state index is 11.7. The minimum Gasteiger partial charge on any atom is -0.506 e. The van der Waals surface area contributed by atoms with Crippen LogP contribution < -0.4 is 5.56 Å². The molecule has 6 heteroatoms. The van der Waals surface area contributed by atoms with Crippen LogP contribution in [0, 0.1) is 0 Å². The van der Waals surface area contributed by atoms with E-state index in [0.29, 0.717) is 16.4 Å². The van der Waals surface area contributed by atoms with Gasteiger partial charge in [0.2, 0.25) is 0 Å². The van der Waals surface area contributed by atoms with Gasteiger partial charge in [-0.15, -0.1) is 0 Å². The van der Waals surface area contributed by atoms with E-state index in [0.717, 1.165) is 6.07 Å². The monoisotopic (exact) mass is 268 g/mol. The lowest BCUT2D eigenvalue weighted by molar-refractivity contribution is 0.460. The first kappa shape index (κ1) is 12.0. The number of aromatic nitrogens is 2. The zero-order valence-electron chi connectivity index (χ0n) is 8.67. The van der Waals surface area contributed by atoms with Gasteiger partial charge in [-0.1, -0.05) is 17.7 Å². The first-order valence-electron chi connectivity index (χ1n) is 4.81. The number of aromatic hydroxyl groups is 1. The molecule has 0 radical (unpaired) electrons. The molecule has 0 unspecified atom stereocenters. The Hall–Kier alpha value is -1.46. The van der Waals surface area contributed by atoms with E-state index in [1.165, 1.54) is 4.68 Å². The summed E-state index contributed by atoms with van der Waals surface area (Å²) in [7, 11) is 0. The van der Waals surface area contributed by atoms with Crippen LogP contribution in [-0.4, -0.2) is 14.9 Å². The van der Waals surface area contributed by atoms with E-state index in [1.54, 1.807) is 24.3 Å². The molecule has 0 bridgehead atoms. The number of nitrogens with zero attached hydrogens (tertiary/aromatic N) is 2. The summed E-state index contributed by atoms with van der Waals surface area (Å²) in [5.74, 6) is 0.0930. The lowest BCUT2D eigenvalue weighted by Gasteiger charge is -2.07. The number of rotatable bonds is 2. The van der Waals surface area contributed by atoms with Gasteiger partial charge in [-0.25, -0.2) is 0 Å². The fourth-order valence-electron chi connectivity index (χ4n) is 1.39. The second-order valence-corrected chi connectivity index (χ2v) is 4.12. The molecule has 2 rings (SSSR count). The molecular formula is C11H9ClN2O2S. The average Bonchev–Trinajstić information content (AvgIpc) is 2.29. The fraction of sp³-hybridized carbons (Fsp3) is 0.0909. The Morgan fingerprint density at radius 1 is 1.41 bits per heavy atom. The molecule has 1 heterocycles. The Morgan fingerprint density at radius 3 is 2.82 bits per heavy atom. The third-order valence-corrected chi connectivity index (χ3v) is 2.72. The Balaban J connectivity index is 2.63. The molecular weight excluding hydrogens is 260 g/mol. The lowest BCUT2D eigenvalue weighted by atomic mass is 10.3. The lowest BCUT2D eigenvalue weighted by Crippen LogP contribution is -2.21. The molecule has 17 heavy (non-hydrogen) atoms. The Morgan fingerprint density at radius 2 is 2.18 bits per heavy atom. The Labute approximate surface area is 108 Å². The van der Waals surface area contributed by atoms with Crippen molar-refractivity contribution in [2.75, 3.05) is 0 Å². The van der Waals surface area contributed by atoms with E-state index in [2.05, 4.69) is 17.7 Å². The molecule has 1 aromatic carbocycles. The van der Waals surface area contributed by atoms with Crippen LogP contribution in [0.2, 0.25) is 5.02 Å². The van der Waals surface area contributed by atoms with Gasteiger partial charge in [0.05, 0.1) is 5.69 Å². The number of halogens is 1. The summed E-state index contributed by atoms with van der Waals surface area (Å²) in [6.45, 7) is 0. The molecule has 0 aliphatic rings. The van der Waals surface area contributed by atoms with Crippen LogP contribution in [0.4, 0.5) is 0 Å². The zero-order valence-corrected chi connectivity index (χ0v) is 10.3. The second kappa shape index (κ2) is 4.81. The van der Waals surface area contributed by atoms with Gasteiger partial charge in [0.1, 0.15) is 11.4 Å². The van der Waals surface area contributed by atoms with Gasteiger partial charge in [0.25, 0.3) is 5.56 Å².